The predicted molar refractivity (Wildman–Crippen MR) is 57.8 cm³/mol. The van der Waals surface area contributed by atoms with E-state index in [1.165, 1.54) is 0 Å². The maximum absolute atomic E-state index is 11.1. The molecule has 13 heavy (non-hydrogen) atoms. The second kappa shape index (κ2) is 3.37. The van der Waals surface area contributed by atoms with Gasteiger partial charge >= 0.3 is 78.1 Å². The minimum absolute atomic E-state index is 0.720. The molecule has 0 aliphatic rings. The topological polar surface area (TPSA) is 54.4 Å². The molecule has 0 fully saturated rings. The van der Waals surface area contributed by atoms with E-state index in [0.29, 0.717) is 0 Å². The molecule has 0 aliphatic carbocycles. The van der Waals surface area contributed by atoms with E-state index < -0.39 is 16.2 Å². The van der Waals surface area contributed by atoms with Crippen LogP contribution in [0.2, 0.25) is 0 Å². The van der Waals surface area contributed by atoms with Gasteiger partial charge in [-0.05, 0) is 0 Å². The van der Waals surface area contributed by atoms with Gasteiger partial charge in [-0.1, -0.05) is 0 Å². The van der Waals surface area contributed by atoms with Gasteiger partial charge in [0.25, 0.3) is 0 Å². The van der Waals surface area contributed by atoms with Crippen molar-refractivity contribution >= 4 is 21.5 Å². The van der Waals surface area contributed by atoms with Crippen LogP contribution in [-0.2, 0) is 9.74 Å². The van der Waals surface area contributed by atoms with Crippen molar-refractivity contribution in [2.24, 2.45) is 0 Å². The summed E-state index contributed by atoms with van der Waals surface area (Å²) in [6.07, 6.45) is 0. The molecule has 0 saturated heterocycles. The second-order valence-electron chi connectivity index (χ2n) is 3.35. The molecular weight excluding hydrogens is 207 g/mol. The molecule has 1 aromatic rings. The van der Waals surface area contributed by atoms with E-state index in [1.807, 2.05) is 6.07 Å². The van der Waals surface area contributed by atoms with Crippen LogP contribution < -0.4 is 5.30 Å². The fourth-order valence-corrected chi connectivity index (χ4v) is 3.58. The van der Waals surface area contributed by atoms with E-state index >= 15 is 0 Å². The normalized spacial score (nSPS) is 14.1. The molecule has 0 spiro atoms. The van der Waals surface area contributed by atoms with E-state index in [-0.39, 0.29) is 0 Å². The summed E-state index contributed by atoms with van der Waals surface area (Å²) in [4.78, 5) is 0. The quantitative estimate of drug-likeness (QED) is 0.600. The molecule has 0 atom stereocenters. The molecule has 74 valence electrons. The number of rotatable bonds is 2. The Hall–Kier alpha value is -0.440. The first-order chi connectivity index (χ1) is 5.86. The van der Waals surface area contributed by atoms with Gasteiger partial charge in [0, 0.05) is 0 Å². The van der Waals surface area contributed by atoms with Gasteiger partial charge in [-0.25, -0.2) is 0 Å². The summed E-state index contributed by atoms with van der Waals surface area (Å²) in [7, 11) is -3.92. The fraction of sp³-hybridized carbons (Fsp3) is 0.250. The maximum atomic E-state index is 11.1. The molecule has 3 nitrogen and oxygen atoms in total. The van der Waals surface area contributed by atoms with Crippen molar-refractivity contribution in [2.75, 3.05) is 13.3 Å². The second-order valence-corrected chi connectivity index (χ2v) is 12.5. The van der Waals surface area contributed by atoms with Gasteiger partial charge in [-0.15, -0.1) is 0 Å². The van der Waals surface area contributed by atoms with Gasteiger partial charge in [-0.2, -0.15) is 0 Å². The van der Waals surface area contributed by atoms with Crippen LogP contribution in [0.25, 0.3) is 0 Å². The van der Waals surface area contributed by atoms with Gasteiger partial charge in [0.15, 0.2) is 0 Å². The first-order valence-electron chi connectivity index (χ1n) is 3.88. The molecule has 1 rings (SSSR count). The monoisotopic (exact) mass is 220 g/mol. The molecule has 0 bridgehead atoms. The van der Waals surface area contributed by atoms with Gasteiger partial charge in [0.2, 0.25) is 0 Å². The van der Waals surface area contributed by atoms with Crippen LogP contribution in [0.1, 0.15) is 0 Å². The van der Waals surface area contributed by atoms with Crippen LogP contribution in [0.5, 0.6) is 0 Å². The molecule has 0 radical (unpaired) electrons. The molecule has 0 saturated carbocycles. The van der Waals surface area contributed by atoms with Crippen molar-refractivity contribution in [1.82, 2.24) is 0 Å². The zero-order chi connectivity index (χ0) is 10.1. The van der Waals surface area contributed by atoms with Crippen LogP contribution in [-0.4, -0.2) is 26.3 Å². The Kier molecular flexibility index (Phi) is 2.76. The molecule has 1 N–H and O–H groups in total. The van der Waals surface area contributed by atoms with Crippen molar-refractivity contribution in [2.45, 2.75) is 0 Å². The van der Waals surface area contributed by atoms with Crippen LogP contribution >= 0.6 is 6.46 Å². The molecule has 0 heterocycles. The minimum atomic E-state index is -3.92. The third-order valence-electron chi connectivity index (χ3n) is 2.11. The Bertz CT molecular complexity index is 383. The van der Waals surface area contributed by atoms with Crippen LogP contribution in [0.15, 0.2) is 30.3 Å². The SMILES string of the molecule is C[PH](C)(c1ccccc1)S(=O)(=O)O. The van der Waals surface area contributed by atoms with Crippen molar-refractivity contribution in [1.29, 1.82) is 0 Å². The third kappa shape index (κ3) is 2.08. The summed E-state index contributed by atoms with van der Waals surface area (Å²) < 4.78 is 31.2. The molecule has 1 aromatic carbocycles. The summed E-state index contributed by atoms with van der Waals surface area (Å²) in [5.41, 5.74) is 0. The van der Waals surface area contributed by atoms with Crippen LogP contribution in [0.4, 0.5) is 0 Å². The summed E-state index contributed by atoms with van der Waals surface area (Å²) in [6.45, 7) is 0.464. The molecule has 5 heteroatoms. The van der Waals surface area contributed by atoms with Gasteiger partial charge < -0.3 is 0 Å². The zero-order valence-corrected chi connectivity index (χ0v) is 9.38. The molecule has 0 amide bonds. The first-order valence-corrected chi connectivity index (χ1v) is 9.05. The van der Waals surface area contributed by atoms with Gasteiger partial charge in [0.1, 0.15) is 0 Å². The van der Waals surface area contributed by atoms with E-state index in [9.17, 15) is 8.42 Å². The zero-order valence-electron chi connectivity index (χ0n) is 7.56. The van der Waals surface area contributed by atoms with E-state index in [0.717, 1.165) is 5.30 Å². The fourth-order valence-electron chi connectivity index (χ4n) is 0.988. The van der Waals surface area contributed by atoms with Gasteiger partial charge in [0.05, 0.1) is 0 Å². The van der Waals surface area contributed by atoms with E-state index in [2.05, 4.69) is 0 Å². The standard InChI is InChI=1S/C8H13O3PS/c1-12(2,13(9,10)11)8-6-4-3-5-7-8/h3-7,12H,1-2H3,(H,9,10,11). The summed E-state index contributed by atoms with van der Waals surface area (Å²) in [5.74, 6) is 0. The average Bonchev–Trinajstić information content (AvgIpc) is 2.04. The first kappa shape index (κ1) is 10.6. The van der Waals surface area contributed by atoms with E-state index in [1.54, 1.807) is 37.6 Å². The Morgan fingerprint density at radius 1 is 1.15 bits per heavy atom. The van der Waals surface area contributed by atoms with Crippen LogP contribution in [0.3, 0.4) is 0 Å². The summed E-state index contributed by atoms with van der Waals surface area (Å²) >= 11 is 0. The Morgan fingerprint density at radius 2 is 1.62 bits per heavy atom. The van der Waals surface area contributed by atoms with Crippen molar-refractivity contribution < 1.29 is 13.0 Å². The number of hydrogen-bond acceptors (Lipinski definition) is 2. The average molecular weight is 220 g/mol. The van der Waals surface area contributed by atoms with Gasteiger partial charge in [-0.3, -0.25) is 0 Å². The Morgan fingerprint density at radius 3 is 2.00 bits per heavy atom. The molecule has 0 aromatic heterocycles. The van der Waals surface area contributed by atoms with E-state index in [4.69, 9.17) is 4.55 Å². The third-order valence-corrected chi connectivity index (χ3v) is 9.70. The Balaban J connectivity index is 3.24. The number of hydrogen-bond donors (Lipinski definition) is 1. The van der Waals surface area contributed by atoms with Crippen molar-refractivity contribution in [3.8, 4) is 0 Å². The summed E-state index contributed by atoms with van der Waals surface area (Å²) in [6, 6.07) is 8.84. The summed E-state index contributed by atoms with van der Waals surface area (Å²) in [5, 5.41) is 0.720. The molecular formula is C8H13O3PS. The van der Waals surface area contributed by atoms with Crippen molar-refractivity contribution in [3.63, 3.8) is 0 Å². The van der Waals surface area contributed by atoms with Crippen molar-refractivity contribution in [3.05, 3.63) is 30.3 Å². The molecule has 0 unspecified atom stereocenters. The Labute approximate surface area is 78.6 Å². The number of benzene rings is 1. The molecule has 0 aliphatic heterocycles. The predicted octanol–water partition coefficient (Wildman–Crippen LogP) is 1.12. The van der Waals surface area contributed by atoms with Crippen LogP contribution in [0, 0.1) is 0 Å².